The van der Waals surface area contributed by atoms with Crippen molar-refractivity contribution in [1.82, 2.24) is 0 Å². The fourth-order valence-corrected chi connectivity index (χ4v) is 5.76. The van der Waals surface area contributed by atoms with E-state index in [-0.39, 0.29) is 25.7 Å². The lowest BCUT2D eigenvalue weighted by Crippen LogP contribution is -2.64. The van der Waals surface area contributed by atoms with Gasteiger partial charge in [0.15, 0.2) is 24.6 Å². The molecule has 0 aliphatic carbocycles. The van der Waals surface area contributed by atoms with Gasteiger partial charge in [-0.3, -0.25) is 19.2 Å². The highest BCUT2D eigenvalue weighted by molar-refractivity contribution is 5.72. The number of aliphatic hydroxyl groups excluding tert-OH is 6. The van der Waals surface area contributed by atoms with Gasteiger partial charge in [-0.05, 0) is 25.7 Å². The normalized spacial score (nSPS) is 22.7. The predicted octanol–water partition coefficient (Wildman–Crippen LogP) is 2.86. The zero-order valence-corrected chi connectivity index (χ0v) is 32.7. The van der Waals surface area contributed by atoms with Crippen molar-refractivity contribution >= 4 is 23.9 Å². The molecule has 1 heterocycles. The zero-order chi connectivity index (χ0) is 40.5. The maximum absolute atomic E-state index is 13.3. The number of carbonyl (C=O) groups is 4. The second-order valence-electron chi connectivity index (χ2n) is 13.9. The van der Waals surface area contributed by atoms with Crippen LogP contribution >= 0.6 is 0 Å². The number of aliphatic hydroxyl groups is 6. The summed E-state index contributed by atoms with van der Waals surface area (Å²) < 4.78 is 34.7. The molecule has 16 nitrogen and oxygen atoms in total. The Kier molecular flexibility index (Phi) is 26.5. The minimum Gasteiger partial charge on any atom is -0.463 e. The van der Waals surface area contributed by atoms with E-state index in [0.717, 1.165) is 57.8 Å². The monoisotopic (exact) mass is 780 g/mol. The Morgan fingerprint density at radius 1 is 0.537 bits per heavy atom. The van der Waals surface area contributed by atoms with Crippen LogP contribution in [0.15, 0.2) is 0 Å². The molecule has 1 unspecified atom stereocenters. The van der Waals surface area contributed by atoms with Crippen molar-refractivity contribution in [3.8, 4) is 0 Å². The number of hydrogen-bond acceptors (Lipinski definition) is 16. The standard InChI is InChI=1S/C38H68O16/c1-5-9-13-14-18-22-30(44)53-36-35(52-29(43)21-17-12-8-4)34(51-28(42)20-16-11-7-3)26(24-49-27(41)19-15-10-6-2)50-38(36)54-37(48)33(47)32(46)31(45)25(40)23-39/h25-26,31-40,45-48H,5-24H2,1-4H3/t25-,26-,31-,32+,33+,34-,35+,36+,37?,38+/m1/s1. The molecule has 0 aromatic rings. The lowest BCUT2D eigenvalue weighted by atomic mass is 9.97. The smallest absolute Gasteiger partial charge is 0.306 e. The number of hydrogen-bond donors (Lipinski definition) is 6. The van der Waals surface area contributed by atoms with Gasteiger partial charge in [-0.2, -0.15) is 0 Å². The summed E-state index contributed by atoms with van der Waals surface area (Å²) in [5.41, 5.74) is 0. The molecule has 316 valence electrons. The van der Waals surface area contributed by atoms with Crippen LogP contribution < -0.4 is 0 Å². The van der Waals surface area contributed by atoms with Crippen molar-refractivity contribution in [2.75, 3.05) is 13.2 Å². The lowest BCUT2D eigenvalue weighted by molar-refractivity contribution is -0.349. The quantitative estimate of drug-likeness (QED) is 0.0266. The second kappa shape index (κ2) is 28.9. The average Bonchev–Trinajstić information content (AvgIpc) is 3.15. The van der Waals surface area contributed by atoms with Gasteiger partial charge in [-0.1, -0.05) is 91.9 Å². The van der Waals surface area contributed by atoms with Crippen molar-refractivity contribution in [3.05, 3.63) is 0 Å². The summed E-state index contributed by atoms with van der Waals surface area (Å²) in [6.45, 7) is 6.41. The van der Waals surface area contributed by atoms with Crippen molar-refractivity contribution in [2.24, 2.45) is 0 Å². The van der Waals surface area contributed by atoms with E-state index >= 15 is 0 Å². The van der Waals surface area contributed by atoms with Gasteiger partial charge < -0.3 is 59.1 Å². The highest BCUT2D eigenvalue weighted by Gasteiger charge is 2.54. The van der Waals surface area contributed by atoms with Gasteiger partial charge in [-0.15, -0.1) is 0 Å². The highest BCUT2D eigenvalue weighted by Crippen LogP contribution is 2.32. The van der Waals surface area contributed by atoms with Crippen molar-refractivity contribution < 1.29 is 78.2 Å². The number of unbranched alkanes of at least 4 members (excludes halogenated alkanes) is 10. The van der Waals surface area contributed by atoms with E-state index < -0.39 is 98.5 Å². The van der Waals surface area contributed by atoms with Crippen LogP contribution in [0.25, 0.3) is 0 Å². The van der Waals surface area contributed by atoms with Crippen LogP contribution in [-0.4, -0.2) is 129 Å². The number of ether oxygens (including phenoxy) is 6. The fourth-order valence-electron chi connectivity index (χ4n) is 5.76. The fraction of sp³-hybridized carbons (Fsp3) is 0.895. The topological polar surface area (TPSA) is 245 Å². The SMILES string of the molecule is CCCCCCCC(=O)O[C@@H]1[C@H](OC(O)[C@@H](O)[C@@H](O)[C@H](O)[C@H](O)CO)O[C@H](COC(=O)CCCCC)[C@@H](OC(=O)CCCCC)[C@@H]1OC(=O)CCCCC. The Morgan fingerprint density at radius 3 is 1.46 bits per heavy atom. The Hall–Kier alpha value is -2.44. The third kappa shape index (κ3) is 18.9. The first kappa shape index (κ1) is 49.6. The molecule has 0 aromatic heterocycles. The van der Waals surface area contributed by atoms with Gasteiger partial charge in [0.1, 0.15) is 37.1 Å². The number of carbonyl (C=O) groups excluding carboxylic acids is 4. The zero-order valence-electron chi connectivity index (χ0n) is 32.7. The molecular weight excluding hydrogens is 712 g/mol. The largest absolute Gasteiger partial charge is 0.463 e. The molecule has 0 radical (unpaired) electrons. The van der Waals surface area contributed by atoms with Crippen LogP contribution in [0.1, 0.15) is 143 Å². The molecule has 0 spiro atoms. The molecule has 1 aliphatic heterocycles. The van der Waals surface area contributed by atoms with Gasteiger partial charge in [-0.25, -0.2) is 0 Å². The second-order valence-corrected chi connectivity index (χ2v) is 13.9. The van der Waals surface area contributed by atoms with Gasteiger partial charge in [0.2, 0.25) is 6.29 Å². The van der Waals surface area contributed by atoms with Crippen molar-refractivity contribution in [2.45, 2.75) is 205 Å². The van der Waals surface area contributed by atoms with Gasteiger partial charge >= 0.3 is 23.9 Å². The minimum absolute atomic E-state index is 0.00200. The average molecular weight is 781 g/mol. The van der Waals surface area contributed by atoms with Gasteiger partial charge in [0, 0.05) is 25.7 Å². The summed E-state index contributed by atoms with van der Waals surface area (Å²) in [6.07, 6.45) is -8.86. The third-order valence-corrected chi connectivity index (χ3v) is 9.09. The third-order valence-electron chi connectivity index (χ3n) is 9.09. The summed E-state index contributed by atoms with van der Waals surface area (Å²) in [6, 6.07) is 0. The Bertz CT molecular complexity index is 1040. The molecule has 1 rings (SSSR count). The molecule has 54 heavy (non-hydrogen) atoms. The van der Waals surface area contributed by atoms with Crippen LogP contribution in [0.4, 0.5) is 0 Å². The van der Waals surface area contributed by atoms with Crippen LogP contribution in [0.3, 0.4) is 0 Å². The van der Waals surface area contributed by atoms with E-state index in [1.807, 2.05) is 20.8 Å². The van der Waals surface area contributed by atoms with Crippen LogP contribution in [0.5, 0.6) is 0 Å². The Labute approximate surface area is 319 Å². The molecular formula is C38H68O16. The molecule has 0 amide bonds. The van der Waals surface area contributed by atoms with E-state index in [0.29, 0.717) is 32.1 Å². The summed E-state index contributed by atoms with van der Waals surface area (Å²) in [5, 5.41) is 61.1. The van der Waals surface area contributed by atoms with E-state index in [1.165, 1.54) is 0 Å². The van der Waals surface area contributed by atoms with Crippen molar-refractivity contribution in [1.29, 1.82) is 0 Å². The van der Waals surface area contributed by atoms with E-state index in [1.54, 1.807) is 0 Å². The first-order valence-electron chi connectivity index (χ1n) is 19.9. The first-order chi connectivity index (χ1) is 25.8. The lowest BCUT2D eigenvalue weighted by Gasteiger charge is -2.45. The maximum Gasteiger partial charge on any atom is 0.306 e. The molecule has 1 saturated heterocycles. The van der Waals surface area contributed by atoms with Gasteiger partial charge in [0.05, 0.1) is 6.61 Å². The maximum atomic E-state index is 13.3. The van der Waals surface area contributed by atoms with E-state index in [9.17, 15) is 49.8 Å². The number of esters is 4. The molecule has 1 fully saturated rings. The van der Waals surface area contributed by atoms with Crippen LogP contribution in [0, 0.1) is 0 Å². The Balaban J connectivity index is 3.64. The molecule has 6 N–H and O–H groups in total. The van der Waals surface area contributed by atoms with Crippen LogP contribution in [-0.2, 0) is 47.6 Å². The summed E-state index contributed by atoms with van der Waals surface area (Å²) in [5.74, 6) is -2.75. The summed E-state index contributed by atoms with van der Waals surface area (Å²) >= 11 is 0. The molecule has 10 atom stereocenters. The van der Waals surface area contributed by atoms with Crippen molar-refractivity contribution in [3.63, 3.8) is 0 Å². The summed E-state index contributed by atoms with van der Waals surface area (Å²) in [7, 11) is 0. The summed E-state index contributed by atoms with van der Waals surface area (Å²) in [4.78, 5) is 52.4. The highest BCUT2D eigenvalue weighted by atomic mass is 16.8. The molecule has 16 heteroatoms. The Morgan fingerprint density at radius 2 is 0.963 bits per heavy atom. The minimum atomic E-state index is -2.40. The van der Waals surface area contributed by atoms with Gasteiger partial charge in [0.25, 0.3) is 0 Å². The first-order valence-corrected chi connectivity index (χ1v) is 19.9. The molecule has 1 aliphatic rings. The van der Waals surface area contributed by atoms with E-state index in [2.05, 4.69) is 6.92 Å². The number of rotatable bonds is 30. The molecule has 0 aromatic carbocycles. The molecule has 0 saturated carbocycles. The predicted molar refractivity (Wildman–Crippen MR) is 193 cm³/mol. The van der Waals surface area contributed by atoms with E-state index in [4.69, 9.17) is 28.4 Å². The molecule has 0 bridgehead atoms. The van der Waals surface area contributed by atoms with Crippen LogP contribution in [0.2, 0.25) is 0 Å².